The predicted molar refractivity (Wildman–Crippen MR) is 62.8 cm³/mol. The normalized spacial score (nSPS) is 11.9. The molecule has 0 aromatic carbocycles. The van der Waals surface area contributed by atoms with Crippen molar-refractivity contribution in [3.8, 4) is 0 Å². The lowest BCUT2D eigenvalue weighted by molar-refractivity contribution is 0.629. The zero-order valence-corrected chi connectivity index (χ0v) is 10.6. The Hall–Kier alpha value is 1.19. The fourth-order valence-corrected chi connectivity index (χ4v) is 2.14. The van der Waals surface area contributed by atoms with Crippen molar-refractivity contribution in [1.29, 1.82) is 0 Å². The molecule has 0 aliphatic carbocycles. The Bertz CT molecular complexity index is 148. The van der Waals surface area contributed by atoms with Gasteiger partial charge in [0.1, 0.15) is 0 Å². The molecule has 74 valence electrons. The molecule has 0 unspecified atom stereocenters. The first-order valence-electron chi connectivity index (χ1n) is 4.30. The van der Waals surface area contributed by atoms with E-state index in [9.17, 15) is 0 Å². The van der Waals surface area contributed by atoms with Crippen LogP contribution in [0.4, 0.5) is 0 Å². The third-order valence-electron chi connectivity index (χ3n) is 1.58. The Labute approximate surface area is 89.8 Å². The standard InChI is InChI=1S/C7H16Cl2NPS/c1-2-3-4-5-6-7-10-11(8,9)12/h2-7H2,1H3,(H,10,12). The molecule has 1 nitrogen and oxygen atoms in total. The van der Waals surface area contributed by atoms with Crippen LogP contribution < -0.4 is 5.09 Å². The molecule has 0 fully saturated rings. The molecule has 0 saturated heterocycles. The van der Waals surface area contributed by atoms with Crippen LogP contribution in [0.3, 0.4) is 0 Å². The largest absolute Gasteiger partial charge is 0.265 e. The van der Waals surface area contributed by atoms with Crippen LogP contribution in [0.2, 0.25) is 0 Å². The number of rotatable bonds is 7. The van der Waals surface area contributed by atoms with Crippen LogP contribution in [0.15, 0.2) is 0 Å². The minimum Gasteiger partial charge on any atom is -0.265 e. The minimum absolute atomic E-state index is 0.855. The Morgan fingerprint density at radius 1 is 1.17 bits per heavy atom. The molecule has 0 heterocycles. The Morgan fingerprint density at radius 3 is 2.25 bits per heavy atom. The fraction of sp³-hybridized carbons (Fsp3) is 1.00. The van der Waals surface area contributed by atoms with E-state index < -0.39 is 4.89 Å². The van der Waals surface area contributed by atoms with Gasteiger partial charge in [-0.2, -0.15) is 0 Å². The van der Waals surface area contributed by atoms with Crippen LogP contribution in [-0.2, 0) is 11.8 Å². The van der Waals surface area contributed by atoms with Crippen LogP contribution in [0.5, 0.6) is 0 Å². The van der Waals surface area contributed by atoms with Gasteiger partial charge >= 0.3 is 0 Å². The maximum Gasteiger partial charge on any atom is 0.181 e. The van der Waals surface area contributed by atoms with Crippen LogP contribution in [-0.4, -0.2) is 6.54 Å². The van der Waals surface area contributed by atoms with Gasteiger partial charge in [0, 0.05) is 6.54 Å². The molecular weight excluding hydrogens is 232 g/mol. The molecule has 0 radical (unpaired) electrons. The van der Waals surface area contributed by atoms with E-state index in [0.29, 0.717) is 0 Å². The van der Waals surface area contributed by atoms with Gasteiger partial charge in [-0.3, -0.25) is 5.09 Å². The summed E-state index contributed by atoms with van der Waals surface area (Å²) in [4.78, 5) is -2.19. The van der Waals surface area contributed by atoms with E-state index in [2.05, 4.69) is 12.0 Å². The number of halogens is 2. The van der Waals surface area contributed by atoms with Crippen molar-refractivity contribution >= 4 is 39.2 Å². The molecule has 0 aliphatic rings. The first-order valence-corrected chi connectivity index (χ1v) is 8.92. The molecule has 0 spiro atoms. The number of unbranched alkanes of at least 4 members (excludes halogenated alkanes) is 4. The van der Waals surface area contributed by atoms with Crippen molar-refractivity contribution < 1.29 is 0 Å². The number of nitrogens with one attached hydrogen (secondary N) is 1. The second-order valence-corrected chi connectivity index (χ2v) is 10.4. The van der Waals surface area contributed by atoms with Gasteiger partial charge in [0.25, 0.3) is 0 Å². The van der Waals surface area contributed by atoms with E-state index >= 15 is 0 Å². The zero-order chi connectivity index (χ0) is 9.45. The molecule has 1 N–H and O–H groups in total. The van der Waals surface area contributed by atoms with Crippen molar-refractivity contribution in [3.63, 3.8) is 0 Å². The summed E-state index contributed by atoms with van der Waals surface area (Å²) in [7, 11) is 0. The second-order valence-electron chi connectivity index (χ2n) is 2.78. The minimum atomic E-state index is -2.19. The highest BCUT2D eigenvalue weighted by atomic mass is 35.9. The van der Waals surface area contributed by atoms with E-state index in [1.54, 1.807) is 0 Å². The van der Waals surface area contributed by atoms with Crippen molar-refractivity contribution in [2.45, 2.75) is 39.0 Å². The number of hydrogen-bond acceptors (Lipinski definition) is 1. The highest BCUT2D eigenvalue weighted by Crippen LogP contribution is 2.52. The SMILES string of the molecule is CCCCCCCNP(=S)(Cl)Cl. The van der Waals surface area contributed by atoms with E-state index in [0.717, 1.165) is 13.0 Å². The molecule has 0 bridgehead atoms. The van der Waals surface area contributed by atoms with Crippen molar-refractivity contribution in [3.05, 3.63) is 0 Å². The zero-order valence-electron chi connectivity index (χ0n) is 7.35. The quantitative estimate of drug-likeness (QED) is 0.534. The first-order chi connectivity index (χ1) is 5.56. The lowest BCUT2D eigenvalue weighted by Crippen LogP contribution is -2.05. The highest BCUT2D eigenvalue weighted by Gasteiger charge is 2.04. The van der Waals surface area contributed by atoms with Crippen LogP contribution >= 0.6 is 27.4 Å². The van der Waals surface area contributed by atoms with Gasteiger partial charge in [-0.25, -0.2) is 0 Å². The smallest absolute Gasteiger partial charge is 0.181 e. The van der Waals surface area contributed by atoms with Gasteiger partial charge < -0.3 is 0 Å². The third-order valence-corrected chi connectivity index (χ3v) is 3.27. The maximum absolute atomic E-state index is 5.65. The van der Waals surface area contributed by atoms with Gasteiger partial charge in [-0.1, -0.05) is 55.1 Å². The van der Waals surface area contributed by atoms with Crippen molar-refractivity contribution in [2.75, 3.05) is 6.54 Å². The van der Waals surface area contributed by atoms with Gasteiger partial charge in [0.2, 0.25) is 0 Å². The first kappa shape index (κ1) is 13.2. The molecule has 0 amide bonds. The van der Waals surface area contributed by atoms with Gasteiger partial charge in [0.15, 0.2) is 4.89 Å². The summed E-state index contributed by atoms with van der Waals surface area (Å²) in [5.41, 5.74) is 0. The molecule has 0 aromatic heterocycles. The Balaban J connectivity index is 3.06. The van der Waals surface area contributed by atoms with Crippen molar-refractivity contribution in [1.82, 2.24) is 5.09 Å². The predicted octanol–water partition coefficient (Wildman–Crippen LogP) is 4.25. The van der Waals surface area contributed by atoms with E-state index in [-0.39, 0.29) is 0 Å². The Morgan fingerprint density at radius 2 is 1.75 bits per heavy atom. The molecule has 0 rings (SSSR count). The summed E-state index contributed by atoms with van der Waals surface area (Å²) in [6.45, 7) is 3.06. The second kappa shape index (κ2) is 7.58. The Kier molecular flexibility index (Phi) is 8.33. The van der Waals surface area contributed by atoms with E-state index in [1.165, 1.54) is 25.7 Å². The molecule has 12 heavy (non-hydrogen) atoms. The molecule has 0 aromatic rings. The van der Waals surface area contributed by atoms with Gasteiger partial charge in [-0.05, 0) is 18.2 Å². The van der Waals surface area contributed by atoms with Crippen LogP contribution in [0, 0.1) is 0 Å². The molecule has 0 atom stereocenters. The molecule has 5 heteroatoms. The van der Waals surface area contributed by atoms with Gasteiger partial charge in [-0.15, -0.1) is 0 Å². The third kappa shape index (κ3) is 11.2. The average Bonchev–Trinajstić information content (AvgIpc) is 1.94. The summed E-state index contributed by atoms with van der Waals surface area (Å²) in [6, 6.07) is 0. The summed E-state index contributed by atoms with van der Waals surface area (Å²) >= 11 is 16.1. The highest BCUT2D eigenvalue weighted by molar-refractivity contribution is 8.38. The molecule has 0 aliphatic heterocycles. The summed E-state index contributed by atoms with van der Waals surface area (Å²) < 4.78 is 0. The molecular formula is C7H16Cl2NPS. The lowest BCUT2D eigenvalue weighted by atomic mass is 10.2. The van der Waals surface area contributed by atoms with E-state index in [1.807, 2.05) is 0 Å². The van der Waals surface area contributed by atoms with Crippen LogP contribution in [0.1, 0.15) is 39.0 Å². The van der Waals surface area contributed by atoms with Gasteiger partial charge in [0.05, 0.1) is 0 Å². The monoisotopic (exact) mass is 247 g/mol. The number of hydrogen-bond donors (Lipinski definition) is 1. The topological polar surface area (TPSA) is 12.0 Å². The van der Waals surface area contributed by atoms with E-state index in [4.69, 9.17) is 34.3 Å². The summed E-state index contributed by atoms with van der Waals surface area (Å²) in [6.07, 6.45) is 6.25. The fourth-order valence-electron chi connectivity index (χ4n) is 0.938. The van der Waals surface area contributed by atoms with Crippen molar-refractivity contribution in [2.24, 2.45) is 0 Å². The summed E-state index contributed by atoms with van der Waals surface area (Å²) in [5.74, 6) is 0. The summed E-state index contributed by atoms with van der Waals surface area (Å²) in [5, 5.41) is 2.96. The lowest BCUT2D eigenvalue weighted by Gasteiger charge is -2.06. The van der Waals surface area contributed by atoms with Crippen LogP contribution in [0.25, 0.3) is 0 Å². The maximum atomic E-state index is 5.65. The molecule has 0 saturated carbocycles. The average molecular weight is 248 g/mol.